The zero-order chi connectivity index (χ0) is 19.9. The van der Waals surface area contributed by atoms with E-state index in [1.54, 1.807) is 0 Å². The second kappa shape index (κ2) is 10.3. The van der Waals surface area contributed by atoms with Crippen LogP contribution in [0.4, 0.5) is 5.69 Å². The number of hydrogen-bond acceptors (Lipinski definition) is 3. The molecule has 3 aromatic rings. The standard InChI is InChI=1S/C23H29Cl2N3/c1-3-13-28(15-12-24)14-6-7-17(2)26-23-19-8-4-5-9-21(19)27-22-16-18(25)10-11-20(22)23/h4-5,8-11,16-17H,3,6-7,12-15H2,1-2H3,(H,26,27). The van der Waals surface area contributed by atoms with Crippen molar-refractivity contribution in [2.45, 2.75) is 39.2 Å². The average Bonchev–Trinajstić information content (AvgIpc) is 2.68. The Morgan fingerprint density at radius 2 is 1.82 bits per heavy atom. The summed E-state index contributed by atoms with van der Waals surface area (Å²) >= 11 is 12.1. The highest BCUT2D eigenvalue weighted by molar-refractivity contribution is 6.31. The van der Waals surface area contributed by atoms with E-state index in [0.717, 1.165) is 60.0 Å². The van der Waals surface area contributed by atoms with Gasteiger partial charge in [-0.2, -0.15) is 0 Å². The van der Waals surface area contributed by atoms with E-state index in [0.29, 0.717) is 16.9 Å². The van der Waals surface area contributed by atoms with E-state index in [-0.39, 0.29) is 0 Å². The molecule has 2 aromatic carbocycles. The molecule has 0 spiro atoms. The van der Waals surface area contributed by atoms with Gasteiger partial charge in [-0.05, 0) is 63.5 Å². The summed E-state index contributed by atoms with van der Waals surface area (Å²) in [6, 6.07) is 14.6. The number of alkyl halides is 1. The van der Waals surface area contributed by atoms with Gasteiger partial charge < -0.3 is 10.2 Å². The van der Waals surface area contributed by atoms with Crippen molar-refractivity contribution < 1.29 is 0 Å². The van der Waals surface area contributed by atoms with Crippen LogP contribution in [-0.2, 0) is 0 Å². The third kappa shape index (κ3) is 5.28. The second-order valence-corrected chi connectivity index (χ2v) is 8.20. The summed E-state index contributed by atoms with van der Waals surface area (Å²) in [6.07, 6.45) is 3.42. The maximum atomic E-state index is 6.20. The highest BCUT2D eigenvalue weighted by Crippen LogP contribution is 2.32. The number of aromatic nitrogens is 1. The van der Waals surface area contributed by atoms with Crippen molar-refractivity contribution in [3.63, 3.8) is 0 Å². The van der Waals surface area contributed by atoms with E-state index in [1.807, 2.05) is 18.2 Å². The smallest absolute Gasteiger partial charge is 0.0745 e. The number of rotatable bonds is 10. The summed E-state index contributed by atoms with van der Waals surface area (Å²) in [5, 5.41) is 6.74. The first-order valence-electron chi connectivity index (χ1n) is 10.1. The fraction of sp³-hybridized carbons (Fsp3) is 0.435. The number of benzene rings is 2. The number of halogens is 2. The number of para-hydroxylation sites is 1. The molecule has 0 aliphatic rings. The van der Waals surface area contributed by atoms with Crippen molar-refractivity contribution in [2.75, 3.05) is 30.8 Å². The minimum absolute atomic E-state index is 0.365. The van der Waals surface area contributed by atoms with E-state index in [2.05, 4.69) is 48.3 Å². The zero-order valence-corrected chi connectivity index (χ0v) is 18.2. The minimum Gasteiger partial charge on any atom is -0.381 e. The van der Waals surface area contributed by atoms with Crippen LogP contribution in [0.1, 0.15) is 33.1 Å². The maximum Gasteiger partial charge on any atom is 0.0745 e. The lowest BCUT2D eigenvalue weighted by Gasteiger charge is -2.23. The number of anilines is 1. The molecular formula is C23H29Cl2N3. The van der Waals surface area contributed by atoms with Crippen molar-refractivity contribution in [1.82, 2.24) is 9.88 Å². The molecule has 0 bridgehead atoms. The summed E-state index contributed by atoms with van der Waals surface area (Å²) in [7, 11) is 0. The molecule has 0 saturated heterocycles. The van der Waals surface area contributed by atoms with Crippen LogP contribution in [0, 0.1) is 0 Å². The van der Waals surface area contributed by atoms with Gasteiger partial charge in [-0.1, -0.05) is 36.7 Å². The molecule has 0 saturated carbocycles. The van der Waals surface area contributed by atoms with E-state index < -0.39 is 0 Å². The van der Waals surface area contributed by atoms with Gasteiger partial charge in [0.25, 0.3) is 0 Å². The predicted molar refractivity (Wildman–Crippen MR) is 124 cm³/mol. The Morgan fingerprint density at radius 1 is 1.04 bits per heavy atom. The fourth-order valence-electron chi connectivity index (χ4n) is 3.73. The summed E-state index contributed by atoms with van der Waals surface area (Å²) in [6.45, 7) is 7.66. The molecule has 1 heterocycles. The number of nitrogens with one attached hydrogen (secondary N) is 1. The summed E-state index contributed by atoms with van der Waals surface area (Å²) in [4.78, 5) is 7.25. The highest BCUT2D eigenvalue weighted by Gasteiger charge is 2.12. The van der Waals surface area contributed by atoms with Crippen LogP contribution < -0.4 is 5.32 Å². The minimum atomic E-state index is 0.365. The quantitative estimate of drug-likeness (QED) is 0.298. The van der Waals surface area contributed by atoms with E-state index in [1.165, 1.54) is 6.42 Å². The average molecular weight is 418 g/mol. The molecule has 0 fully saturated rings. The molecule has 0 amide bonds. The van der Waals surface area contributed by atoms with Gasteiger partial charge in [0, 0.05) is 34.3 Å². The van der Waals surface area contributed by atoms with Crippen molar-refractivity contribution in [1.29, 1.82) is 0 Å². The van der Waals surface area contributed by atoms with Gasteiger partial charge in [-0.15, -0.1) is 11.6 Å². The molecule has 3 rings (SSSR count). The summed E-state index contributed by atoms with van der Waals surface area (Å²) < 4.78 is 0. The monoisotopic (exact) mass is 417 g/mol. The van der Waals surface area contributed by atoms with Gasteiger partial charge in [-0.25, -0.2) is 4.98 Å². The lowest BCUT2D eigenvalue weighted by molar-refractivity contribution is 0.282. The fourth-order valence-corrected chi connectivity index (χ4v) is 4.14. The second-order valence-electron chi connectivity index (χ2n) is 7.38. The van der Waals surface area contributed by atoms with Crippen molar-refractivity contribution in [2.24, 2.45) is 0 Å². The number of hydrogen-bond donors (Lipinski definition) is 1. The largest absolute Gasteiger partial charge is 0.381 e. The third-order valence-corrected chi connectivity index (χ3v) is 5.49. The Kier molecular flexibility index (Phi) is 7.78. The molecule has 0 radical (unpaired) electrons. The molecule has 1 unspecified atom stereocenters. The molecular weight excluding hydrogens is 389 g/mol. The molecule has 28 heavy (non-hydrogen) atoms. The van der Waals surface area contributed by atoms with E-state index in [4.69, 9.17) is 28.2 Å². The van der Waals surface area contributed by atoms with Gasteiger partial charge >= 0.3 is 0 Å². The van der Waals surface area contributed by atoms with Crippen LogP contribution in [-0.4, -0.2) is 41.4 Å². The van der Waals surface area contributed by atoms with Crippen LogP contribution in [0.15, 0.2) is 42.5 Å². The zero-order valence-electron chi connectivity index (χ0n) is 16.7. The Hall–Kier alpha value is -1.55. The third-order valence-electron chi connectivity index (χ3n) is 5.09. The van der Waals surface area contributed by atoms with Crippen LogP contribution in [0.5, 0.6) is 0 Å². The van der Waals surface area contributed by atoms with Gasteiger partial charge in [0.1, 0.15) is 0 Å². The summed E-state index contributed by atoms with van der Waals surface area (Å²) in [5.74, 6) is 0.700. The molecule has 1 atom stereocenters. The number of fused-ring (bicyclic) bond motifs is 2. The lowest BCUT2D eigenvalue weighted by Crippen LogP contribution is -2.29. The number of nitrogens with zero attached hydrogens (tertiary/aromatic N) is 2. The first-order valence-corrected chi connectivity index (χ1v) is 11.1. The lowest BCUT2D eigenvalue weighted by atomic mass is 10.1. The van der Waals surface area contributed by atoms with Crippen LogP contribution in [0.3, 0.4) is 0 Å². The molecule has 0 aliphatic carbocycles. The Labute approximate surface area is 178 Å². The molecule has 150 valence electrons. The van der Waals surface area contributed by atoms with Crippen LogP contribution in [0.25, 0.3) is 21.8 Å². The first-order chi connectivity index (χ1) is 13.6. The van der Waals surface area contributed by atoms with Gasteiger partial charge in [-0.3, -0.25) is 0 Å². The molecule has 1 N–H and O–H groups in total. The SMILES string of the molecule is CCCN(CCCl)CCCC(C)Nc1c2ccccc2nc2cc(Cl)ccc12. The summed E-state index contributed by atoms with van der Waals surface area (Å²) in [5.41, 5.74) is 3.07. The Bertz CT molecular complexity index is 907. The Balaban J connectivity index is 1.76. The highest BCUT2D eigenvalue weighted by atomic mass is 35.5. The van der Waals surface area contributed by atoms with E-state index >= 15 is 0 Å². The van der Waals surface area contributed by atoms with Crippen molar-refractivity contribution in [3.8, 4) is 0 Å². The normalized spacial score (nSPS) is 12.8. The van der Waals surface area contributed by atoms with Crippen LogP contribution in [0.2, 0.25) is 5.02 Å². The topological polar surface area (TPSA) is 28.2 Å². The van der Waals surface area contributed by atoms with Crippen LogP contribution >= 0.6 is 23.2 Å². The molecule has 3 nitrogen and oxygen atoms in total. The molecule has 0 aliphatic heterocycles. The maximum absolute atomic E-state index is 6.20. The number of pyridine rings is 1. The van der Waals surface area contributed by atoms with E-state index in [9.17, 15) is 0 Å². The Morgan fingerprint density at radius 3 is 2.61 bits per heavy atom. The van der Waals surface area contributed by atoms with Gasteiger partial charge in [0.05, 0.1) is 16.7 Å². The molecule has 1 aromatic heterocycles. The van der Waals surface area contributed by atoms with Crippen molar-refractivity contribution in [3.05, 3.63) is 47.5 Å². The predicted octanol–water partition coefficient (Wildman–Crippen LogP) is 6.57. The van der Waals surface area contributed by atoms with Crippen molar-refractivity contribution >= 4 is 50.7 Å². The van der Waals surface area contributed by atoms with Gasteiger partial charge in [0.2, 0.25) is 0 Å². The first kappa shape index (κ1) is 21.2. The van der Waals surface area contributed by atoms with Gasteiger partial charge in [0.15, 0.2) is 0 Å². The molecule has 5 heteroatoms.